The predicted octanol–water partition coefficient (Wildman–Crippen LogP) is 1.09. The summed E-state index contributed by atoms with van der Waals surface area (Å²) in [6, 6.07) is 8.49. The number of benzene rings is 1. The number of nitrogens with zero attached hydrogens (tertiary/aromatic N) is 2. The lowest BCUT2D eigenvalue weighted by atomic mass is 9.77. The molecule has 1 amide bonds. The number of aromatic nitrogens is 2. The van der Waals surface area contributed by atoms with Crippen molar-refractivity contribution in [2.24, 2.45) is 5.92 Å². The number of hydrogen-bond donors (Lipinski definition) is 3. The molecule has 1 aliphatic carbocycles. The Hall–Kier alpha value is -2.31. The monoisotopic (exact) mass is 338 g/mol. The molecule has 0 bridgehead atoms. The fraction of sp³-hybridized carbons (Fsp3) is 0.421. The van der Waals surface area contributed by atoms with E-state index < -0.39 is 0 Å². The molecule has 2 fully saturated rings. The Bertz CT molecular complexity index is 731. The van der Waals surface area contributed by atoms with Gasteiger partial charge in [0.25, 0.3) is 0 Å². The Kier molecular flexibility index (Phi) is 4.46. The second-order valence-corrected chi connectivity index (χ2v) is 6.86. The summed E-state index contributed by atoms with van der Waals surface area (Å²) in [5, 5.41) is 16.0. The molecule has 1 aromatic carbocycles. The molecule has 1 saturated carbocycles. The molecule has 2 aromatic rings. The van der Waals surface area contributed by atoms with E-state index in [1.54, 1.807) is 12.4 Å². The van der Waals surface area contributed by atoms with Gasteiger partial charge in [0.05, 0.1) is 6.61 Å². The molecule has 0 radical (unpaired) electrons. The van der Waals surface area contributed by atoms with Gasteiger partial charge in [0.15, 0.2) is 0 Å². The first kappa shape index (κ1) is 16.2. The maximum Gasteiger partial charge on any atom is 0.223 e. The standard InChI is InChI=1S/C19H22N4O2/c24-10-17-18(16(23-17)9-22-19(25)14-5-6-14)13-3-1-12(2-4-13)15-7-20-11-21-8-15/h1-4,7-8,11,14,16-18,23-24H,5-6,9-10H2,(H,22,25)/t16-,17-,18-/m1/s1. The summed E-state index contributed by atoms with van der Waals surface area (Å²) in [7, 11) is 0. The topological polar surface area (TPSA) is 87.1 Å². The van der Waals surface area contributed by atoms with E-state index in [-0.39, 0.29) is 36.4 Å². The van der Waals surface area contributed by atoms with Crippen molar-refractivity contribution in [1.82, 2.24) is 20.6 Å². The lowest BCUT2D eigenvalue weighted by molar-refractivity contribution is -0.122. The maximum absolute atomic E-state index is 11.8. The molecule has 1 aromatic heterocycles. The van der Waals surface area contributed by atoms with Crippen LogP contribution in [0.5, 0.6) is 0 Å². The second kappa shape index (κ2) is 6.90. The van der Waals surface area contributed by atoms with Gasteiger partial charge in [-0.2, -0.15) is 0 Å². The number of aliphatic hydroxyl groups excluding tert-OH is 1. The van der Waals surface area contributed by atoms with Crippen molar-refractivity contribution in [3.8, 4) is 11.1 Å². The molecule has 3 atom stereocenters. The van der Waals surface area contributed by atoms with Gasteiger partial charge < -0.3 is 15.7 Å². The molecule has 6 nitrogen and oxygen atoms in total. The van der Waals surface area contributed by atoms with E-state index in [2.05, 4.69) is 44.9 Å². The van der Waals surface area contributed by atoms with Gasteiger partial charge in [-0.1, -0.05) is 24.3 Å². The van der Waals surface area contributed by atoms with Crippen LogP contribution in [-0.4, -0.2) is 46.2 Å². The highest BCUT2D eigenvalue weighted by Crippen LogP contribution is 2.33. The van der Waals surface area contributed by atoms with Gasteiger partial charge in [-0.05, 0) is 24.0 Å². The van der Waals surface area contributed by atoms with Gasteiger partial charge in [0, 0.05) is 48.4 Å². The fourth-order valence-electron chi connectivity index (χ4n) is 3.51. The van der Waals surface area contributed by atoms with Crippen LogP contribution in [0.15, 0.2) is 43.0 Å². The maximum atomic E-state index is 11.8. The van der Waals surface area contributed by atoms with E-state index in [0.29, 0.717) is 6.54 Å². The van der Waals surface area contributed by atoms with Gasteiger partial charge in [0.2, 0.25) is 5.91 Å². The van der Waals surface area contributed by atoms with E-state index >= 15 is 0 Å². The third kappa shape index (κ3) is 3.41. The number of hydrogen-bond acceptors (Lipinski definition) is 5. The average Bonchev–Trinajstić information content (AvgIpc) is 3.47. The SMILES string of the molecule is O=C(NC[C@H]1N[C@H](CO)[C@@H]1c1ccc(-c2cncnc2)cc1)C1CC1. The Labute approximate surface area is 146 Å². The van der Waals surface area contributed by atoms with Gasteiger partial charge in [-0.25, -0.2) is 9.97 Å². The van der Waals surface area contributed by atoms with E-state index in [4.69, 9.17) is 0 Å². The quantitative estimate of drug-likeness (QED) is 0.734. The Morgan fingerprint density at radius 1 is 1.12 bits per heavy atom. The number of carbonyl (C=O) groups is 1. The van der Waals surface area contributed by atoms with Gasteiger partial charge in [0.1, 0.15) is 6.33 Å². The third-order valence-corrected chi connectivity index (χ3v) is 5.13. The summed E-state index contributed by atoms with van der Waals surface area (Å²) < 4.78 is 0. The molecule has 1 aliphatic heterocycles. The van der Waals surface area contributed by atoms with Crippen LogP contribution >= 0.6 is 0 Å². The molecule has 1 saturated heterocycles. The summed E-state index contributed by atoms with van der Waals surface area (Å²) in [5.41, 5.74) is 3.22. The summed E-state index contributed by atoms with van der Waals surface area (Å²) in [6.45, 7) is 0.691. The number of nitrogens with one attached hydrogen (secondary N) is 2. The minimum Gasteiger partial charge on any atom is -0.395 e. The molecule has 3 N–H and O–H groups in total. The molecule has 2 aliphatic rings. The van der Waals surface area contributed by atoms with Crippen LogP contribution in [0.4, 0.5) is 0 Å². The number of aliphatic hydroxyl groups is 1. The lowest BCUT2D eigenvalue weighted by Gasteiger charge is -2.46. The van der Waals surface area contributed by atoms with Gasteiger partial charge in [-0.3, -0.25) is 4.79 Å². The molecule has 4 rings (SSSR count). The summed E-state index contributed by atoms with van der Waals surface area (Å²) >= 11 is 0. The Morgan fingerprint density at radius 3 is 2.48 bits per heavy atom. The van der Waals surface area contributed by atoms with E-state index in [0.717, 1.165) is 24.0 Å². The van der Waals surface area contributed by atoms with Crippen LogP contribution in [0.1, 0.15) is 24.3 Å². The highest BCUT2D eigenvalue weighted by Gasteiger charge is 2.41. The zero-order valence-corrected chi connectivity index (χ0v) is 13.9. The highest BCUT2D eigenvalue weighted by atomic mass is 16.3. The molecule has 130 valence electrons. The highest BCUT2D eigenvalue weighted by molar-refractivity contribution is 5.80. The van der Waals surface area contributed by atoms with Crippen LogP contribution in [0.3, 0.4) is 0 Å². The predicted molar refractivity (Wildman–Crippen MR) is 93.7 cm³/mol. The Morgan fingerprint density at radius 2 is 1.84 bits per heavy atom. The van der Waals surface area contributed by atoms with Crippen molar-refractivity contribution in [2.75, 3.05) is 13.2 Å². The molecule has 6 heteroatoms. The molecule has 25 heavy (non-hydrogen) atoms. The van der Waals surface area contributed by atoms with Crippen LogP contribution in [-0.2, 0) is 4.79 Å². The molecular formula is C19H22N4O2. The van der Waals surface area contributed by atoms with E-state index in [1.807, 2.05) is 0 Å². The van der Waals surface area contributed by atoms with Crippen molar-refractivity contribution < 1.29 is 9.90 Å². The first-order chi connectivity index (χ1) is 12.3. The Balaban J connectivity index is 1.45. The van der Waals surface area contributed by atoms with Crippen molar-refractivity contribution in [3.05, 3.63) is 48.5 Å². The first-order valence-electron chi connectivity index (χ1n) is 8.76. The van der Waals surface area contributed by atoms with Crippen molar-refractivity contribution in [1.29, 1.82) is 0 Å². The van der Waals surface area contributed by atoms with Crippen LogP contribution < -0.4 is 10.6 Å². The van der Waals surface area contributed by atoms with Crippen molar-refractivity contribution in [3.63, 3.8) is 0 Å². The van der Waals surface area contributed by atoms with Crippen LogP contribution in [0, 0.1) is 5.92 Å². The third-order valence-electron chi connectivity index (χ3n) is 5.13. The minimum absolute atomic E-state index is 0.0359. The number of carbonyl (C=O) groups excluding carboxylic acids is 1. The summed E-state index contributed by atoms with van der Waals surface area (Å²) in [5.74, 6) is 0.581. The van der Waals surface area contributed by atoms with Crippen LogP contribution in [0.25, 0.3) is 11.1 Å². The molecule has 0 unspecified atom stereocenters. The fourth-order valence-corrected chi connectivity index (χ4v) is 3.51. The van der Waals surface area contributed by atoms with Crippen molar-refractivity contribution >= 4 is 5.91 Å². The summed E-state index contributed by atoms with van der Waals surface area (Å²) in [4.78, 5) is 19.9. The molecule has 2 heterocycles. The summed E-state index contributed by atoms with van der Waals surface area (Å²) in [6.07, 6.45) is 7.12. The normalized spacial score (nSPS) is 25.2. The molecule has 0 spiro atoms. The largest absolute Gasteiger partial charge is 0.395 e. The first-order valence-corrected chi connectivity index (χ1v) is 8.76. The molecular weight excluding hydrogens is 316 g/mol. The zero-order chi connectivity index (χ0) is 17.2. The van der Waals surface area contributed by atoms with Crippen LogP contribution in [0.2, 0.25) is 0 Å². The zero-order valence-electron chi connectivity index (χ0n) is 13.9. The second-order valence-electron chi connectivity index (χ2n) is 6.86. The van der Waals surface area contributed by atoms with E-state index in [9.17, 15) is 9.90 Å². The smallest absolute Gasteiger partial charge is 0.223 e. The van der Waals surface area contributed by atoms with Gasteiger partial charge in [-0.15, -0.1) is 0 Å². The number of rotatable bonds is 6. The minimum atomic E-state index is 0.0359. The van der Waals surface area contributed by atoms with E-state index in [1.165, 1.54) is 11.9 Å². The average molecular weight is 338 g/mol. The van der Waals surface area contributed by atoms with Gasteiger partial charge >= 0.3 is 0 Å². The lowest BCUT2D eigenvalue weighted by Crippen LogP contribution is -2.64. The van der Waals surface area contributed by atoms with Crippen molar-refractivity contribution in [2.45, 2.75) is 30.8 Å². The number of amides is 1.